The van der Waals surface area contributed by atoms with Crippen LogP contribution in [0.15, 0.2) is 0 Å². The van der Waals surface area contributed by atoms with Crippen molar-refractivity contribution in [3.63, 3.8) is 0 Å². The molecule has 86 valence electrons. The molecule has 2 rings (SSSR count). The maximum absolute atomic E-state index is 12.2. The fourth-order valence-electron chi connectivity index (χ4n) is 2.46. The van der Waals surface area contributed by atoms with Crippen LogP contribution in [0.3, 0.4) is 0 Å². The quantitative estimate of drug-likeness (QED) is 0.739. The summed E-state index contributed by atoms with van der Waals surface area (Å²) >= 11 is 0. The molecule has 0 aromatic rings. The predicted molar refractivity (Wildman–Crippen MR) is 60.7 cm³/mol. The van der Waals surface area contributed by atoms with Crippen LogP contribution in [0.1, 0.15) is 52.4 Å². The summed E-state index contributed by atoms with van der Waals surface area (Å²) < 4.78 is 0. The van der Waals surface area contributed by atoms with Gasteiger partial charge in [0.05, 0.1) is 5.54 Å². The average Bonchev–Trinajstić information content (AvgIpc) is 2.74. The first kappa shape index (κ1) is 10.9. The van der Waals surface area contributed by atoms with E-state index in [0.717, 1.165) is 45.1 Å². The molecule has 2 N–H and O–H groups in total. The van der Waals surface area contributed by atoms with E-state index in [1.54, 1.807) is 0 Å². The third-order valence-corrected chi connectivity index (χ3v) is 3.77. The van der Waals surface area contributed by atoms with E-state index in [-0.39, 0.29) is 17.0 Å². The lowest BCUT2D eigenvalue weighted by molar-refractivity contribution is -0.128. The zero-order valence-electron chi connectivity index (χ0n) is 9.86. The van der Waals surface area contributed by atoms with Crippen LogP contribution in [0.25, 0.3) is 0 Å². The van der Waals surface area contributed by atoms with Crippen molar-refractivity contribution in [2.45, 2.75) is 63.5 Å². The van der Waals surface area contributed by atoms with Gasteiger partial charge in [0, 0.05) is 5.54 Å². The lowest BCUT2D eigenvalue weighted by Gasteiger charge is -2.29. The maximum Gasteiger partial charge on any atom is 0.240 e. The van der Waals surface area contributed by atoms with Gasteiger partial charge >= 0.3 is 0 Å². The van der Waals surface area contributed by atoms with Crippen LogP contribution in [0, 0.1) is 0 Å². The van der Waals surface area contributed by atoms with E-state index >= 15 is 0 Å². The number of amides is 1. The Balaban J connectivity index is 2.00. The van der Waals surface area contributed by atoms with Gasteiger partial charge in [0.1, 0.15) is 0 Å². The van der Waals surface area contributed by atoms with E-state index in [4.69, 9.17) is 0 Å². The van der Waals surface area contributed by atoms with Gasteiger partial charge in [0.15, 0.2) is 0 Å². The average molecular weight is 210 g/mol. The Morgan fingerprint density at radius 3 is 2.60 bits per heavy atom. The first-order valence-electron chi connectivity index (χ1n) is 6.18. The minimum Gasteiger partial charge on any atom is -0.349 e. The number of carbonyl (C=O) groups is 1. The second kappa shape index (κ2) is 3.78. The van der Waals surface area contributed by atoms with Gasteiger partial charge in [-0.15, -0.1) is 0 Å². The van der Waals surface area contributed by atoms with Crippen molar-refractivity contribution in [3.05, 3.63) is 0 Å². The fourth-order valence-corrected chi connectivity index (χ4v) is 2.46. The highest BCUT2D eigenvalue weighted by molar-refractivity contribution is 5.87. The van der Waals surface area contributed by atoms with Gasteiger partial charge in [-0.2, -0.15) is 0 Å². The molecule has 1 heterocycles. The topological polar surface area (TPSA) is 41.1 Å². The third kappa shape index (κ3) is 2.17. The molecule has 0 aromatic heterocycles. The first-order chi connectivity index (χ1) is 7.10. The Morgan fingerprint density at radius 1 is 1.40 bits per heavy atom. The molecular weight excluding hydrogens is 188 g/mol. The van der Waals surface area contributed by atoms with Gasteiger partial charge in [-0.25, -0.2) is 0 Å². The molecular formula is C12H22N2O. The van der Waals surface area contributed by atoms with Gasteiger partial charge in [-0.3, -0.25) is 4.79 Å². The minimum absolute atomic E-state index is 0.113. The highest BCUT2D eigenvalue weighted by Crippen LogP contribution is 2.36. The molecule has 1 amide bonds. The molecule has 0 spiro atoms. The number of carbonyl (C=O) groups excluding carboxylic acids is 1. The van der Waals surface area contributed by atoms with Crippen molar-refractivity contribution in [1.29, 1.82) is 0 Å². The largest absolute Gasteiger partial charge is 0.349 e. The summed E-state index contributed by atoms with van der Waals surface area (Å²) in [5.74, 6) is 0.238. The maximum atomic E-state index is 12.2. The summed E-state index contributed by atoms with van der Waals surface area (Å²) in [5, 5.41) is 6.61. The van der Waals surface area contributed by atoms with Crippen LogP contribution in [0.4, 0.5) is 0 Å². The van der Waals surface area contributed by atoms with Gasteiger partial charge in [0.2, 0.25) is 5.91 Å². The van der Waals surface area contributed by atoms with E-state index in [0.29, 0.717) is 0 Å². The Kier molecular flexibility index (Phi) is 2.75. The van der Waals surface area contributed by atoms with E-state index in [1.807, 2.05) is 0 Å². The number of rotatable bonds is 4. The molecule has 2 aliphatic rings. The lowest BCUT2D eigenvalue weighted by Crippen LogP contribution is -2.55. The van der Waals surface area contributed by atoms with Crippen molar-refractivity contribution in [1.82, 2.24) is 10.6 Å². The monoisotopic (exact) mass is 210 g/mol. The SMILES string of the molecule is CCCC1(C(=O)NC2(C)CC2)CCCN1. The summed E-state index contributed by atoms with van der Waals surface area (Å²) in [6.07, 6.45) is 6.45. The molecule has 0 bridgehead atoms. The molecule has 1 saturated carbocycles. The van der Waals surface area contributed by atoms with Crippen molar-refractivity contribution in [3.8, 4) is 0 Å². The standard InChI is InChI=1S/C12H22N2O/c1-3-5-12(6-4-9-13-12)10(15)14-11(2)7-8-11/h13H,3-9H2,1-2H3,(H,14,15). The van der Waals surface area contributed by atoms with Crippen LogP contribution in [-0.4, -0.2) is 23.5 Å². The zero-order chi connectivity index (χ0) is 10.9. The molecule has 3 nitrogen and oxygen atoms in total. The second-order valence-corrected chi connectivity index (χ2v) is 5.38. The van der Waals surface area contributed by atoms with Crippen molar-refractivity contribution >= 4 is 5.91 Å². The zero-order valence-corrected chi connectivity index (χ0v) is 9.86. The molecule has 1 unspecified atom stereocenters. The van der Waals surface area contributed by atoms with E-state index < -0.39 is 0 Å². The van der Waals surface area contributed by atoms with Crippen molar-refractivity contribution < 1.29 is 4.79 Å². The Labute approximate surface area is 92.0 Å². The minimum atomic E-state index is -0.250. The van der Waals surface area contributed by atoms with Gasteiger partial charge in [0.25, 0.3) is 0 Å². The van der Waals surface area contributed by atoms with Crippen LogP contribution >= 0.6 is 0 Å². The van der Waals surface area contributed by atoms with Crippen LogP contribution in [0.5, 0.6) is 0 Å². The van der Waals surface area contributed by atoms with Gasteiger partial charge in [-0.1, -0.05) is 13.3 Å². The number of hydrogen-bond acceptors (Lipinski definition) is 2. The van der Waals surface area contributed by atoms with Gasteiger partial charge in [-0.05, 0) is 45.6 Å². The molecule has 0 radical (unpaired) electrons. The smallest absolute Gasteiger partial charge is 0.240 e. The van der Waals surface area contributed by atoms with Crippen molar-refractivity contribution in [2.75, 3.05) is 6.54 Å². The van der Waals surface area contributed by atoms with Crippen molar-refractivity contribution in [2.24, 2.45) is 0 Å². The van der Waals surface area contributed by atoms with E-state index in [2.05, 4.69) is 24.5 Å². The summed E-state index contributed by atoms with van der Waals surface area (Å²) in [6.45, 7) is 5.28. The third-order valence-electron chi connectivity index (χ3n) is 3.77. The highest BCUT2D eigenvalue weighted by Gasteiger charge is 2.46. The molecule has 15 heavy (non-hydrogen) atoms. The fraction of sp³-hybridized carbons (Fsp3) is 0.917. The Hall–Kier alpha value is -0.570. The normalized spacial score (nSPS) is 32.7. The van der Waals surface area contributed by atoms with Crippen LogP contribution in [-0.2, 0) is 4.79 Å². The van der Waals surface area contributed by atoms with Gasteiger partial charge < -0.3 is 10.6 Å². The number of nitrogens with one attached hydrogen (secondary N) is 2. The summed E-state index contributed by atoms with van der Waals surface area (Å²) in [7, 11) is 0. The van der Waals surface area contributed by atoms with E-state index in [1.165, 1.54) is 0 Å². The second-order valence-electron chi connectivity index (χ2n) is 5.38. The molecule has 1 atom stereocenters. The van der Waals surface area contributed by atoms with Crippen LogP contribution < -0.4 is 10.6 Å². The molecule has 1 saturated heterocycles. The summed E-state index contributed by atoms with van der Waals surface area (Å²) in [5.41, 5.74) is -0.136. The highest BCUT2D eigenvalue weighted by atomic mass is 16.2. The predicted octanol–water partition coefficient (Wildman–Crippen LogP) is 1.58. The molecule has 3 heteroatoms. The molecule has 2 fully saturated rings. The van der Waals surface area contributed by atoms with Crippen LogP contribution in [0.2, 0.25) is 0 Å². The number of hydrogen-bond donors (Lipinski definition) is 2. The molecule has 0 aromatic carbocycles. The van der Waals surface area contributed by atoms with E-state index in [9.17, 15) is 4.79 Å². The summed E-state index contributed by atoms with van der Waals surface area (Å²) in [4.78, 5) is 12.2. The Bertz CT molecular complexity index is 252. The first-order valence-corrected chi connectivity index (χ1v) is 6.18. The summed E-state index contributed by atoms with van der Waals surface area (Å²) in [6, 6.07) is 0. The molecule has 1 aliphatic carbocycles. The molecule has 1 aliphatic heterocycles. The Morgan fingerprint density at radius 2 is 2.13 bits per heavy atom. The lowest BCUT2D eigenvalue weighted by atomic mass is 9.90.